The van der Waals surface area contributed by atoms with Gasteiger partial charge in [-0.15, -0.1) is 0 Å². The number of rotatable bonds is 4. The second-order valence-corrected chi connectivity index (χ2v) is 4.59. The van der Waals surface area contributed by atoms with Crippen molar-refractivity contribution in [3.8, 4) is 0 Å². The summed E-state index contributed by atoms with van der Waals surface area (Å²) >= 11 is 1.67. The van der Waals surface area contributed by atoms with Gasteiger partial charge in [0.25, 0.3) is 0 Å². The van der Waals surface area contributed by atoms with E-state index < -0.39 is 0 Å². The molecule has 0 aliphatic carbocycles. The van der Waals surface area contributed by atoms with E-state index in [-0.39, 0.29) is 5.97 Å². The molecule has 4 nitrogen and oxygen atoms in total. The largest absolute Gasteiger partial charge is 0.465 e. The van der Waals surface area contributed by atoms with E-state index in [0.717, 1.165) is 12.4 Å². The van der Waals surface area contributed by atoms with Crippen LogP contribution in [0.15, 0.2) is 29.0 Å². The highest BCUT2D eigenvalue weighted by molar-refractivity contribution is 7.07. The van der Waals surface area contributed by atoms with Crippen molar-refractivity contribution in [1.29, 1.82) is 0 Å². The molecule has 0 fully saturated rings. The quantitative estimate of drug-likeness (QED) is 0.861. The molecule has 0 unspecified atom stereocenters. The van der Waals surface area contributed by atoms with Crippen molar-refractivity contribution in [2.24, 2.45) is 0 Å². The number of hydrogen-bond acceptors (Lipinski definition) is 5. The van der Waals surface area contributed by atoms with Crippen molar-refractivity contribution in [1.82, 2.24) is 4.98 Å². The van der Waals surface area contributed by atoms with Gasteiger partial charge >= 0.3 is 5.97 Å². The molecule has 0 aliphatic rings. The van der Waals surface area contributed by atoms with Gasteiger partial charge in [0.05, 0.1) is 18.4 Å². The normalized spacial score (nSPS) is 10.1. The summed E-state index contributed by atoms with van der Waals surface area (Å²) in [4.78, 5) is 15.7. The monoisotopic (exact) mass is 262 g/mol. The highest BCUT2D eigenvalue weighted by Gasteiger charge is 2.10. The SMILES string of the molecule is COC(=O)c1ccc(NCc2ccsc2)nc1C. The van der Waals surface area contributed by atoms with E-state index in [2.05, 4.69) is 26.5 Å². The van der Waals surface area contributed by atoms with Crippen LogP contribution in [0.25, 0.3) is 0 Å². The Hall–Kier alpha value is -1.88. The number of nitrogens with one attached hydrogen (secondary N) is 1. The Labute approximate surface area is 110 Å². The van der Waals surface area contributed by atoms with Crippen molar-refractivity contribution < 1.29 is 9.53 Å². The van der Waals surface area contributed by atoms with Crippen LogP contribution in [-0.2, 0) is 11.3 Å². The molecular weight excluding hydrogens is 248 g/mol. The van der Waals surface area contributed by atoms with Crippen LogP contribution >= 0.6 is 11.3 Å². The number of aromatic nitrogens is 1. The van der Waals surface area contributed by atoms with Gasteiger partial charge in [-0.1, -0.05) is 0 Å². The third kappa shape index (κ3) is 2.87. The van der Waals surface area contributed by atoms with Gasteiger partial charge in [-0.3, -0.25) is 0 Å². The van der Waals surface area contributed by atoms with Gasteiger partial charge in [-0.05, 0) is 41.4 Å². The second kappa shape index (κ2) is 5.64. The summed E-state index contributed by atoms with van der Waals surface area (Å²) in [5.41, 5.74) is 2.38. The van der Waals surface area contributed by atoms with E-state index in [9.17, 15) is 4.79 Å². The van der Waals surface area contributed by atoms with Crippen LogP contribution in [0.3, 0.4) is 0 Å². The Kier molecular flexibility index (Phi) is 3.94. The molecule has 0 saturated heterocycles. The van der Waals surface area contributed by atoms with E-state index >= 15 is 0 Å². The zero-order valence-corrected chi connectivity index (χ0v) is 11.1. The van der Waals surface area contributed by atoms with Gasteiger partial charge in [-0.2, -0.15) is 11.3 Å². The van der Waals surface area contributed by atoms with Gasteiger partial charge < -0.3 is 10.1 Å². The molecule has 2 aromatic rings. The summed E-state index contributed by atoms with van der Waals surface area (Å²) in [6, 6.07) is 5.57. The van der Waals surface area contributed by atoms with Crippen molar-refractivity contribution >= 4 is 23.1 Å². The number of ether oxygens (including phenoxy) is 1. The first-order valence-corrected chi connectivity index (χ1v) is 6.46. The maximum Gasteiger partial charge on any atom is 0.339 e. The molecule has 94 valence electrons. The first-order valence-electron chi connectivity index (χ1n) is 5.51. The molecule has 0 spiro atoms. The first-order chi connectivity index (χ1) is 8.70. The third-order valence-corrected chi connectivity index (χ3v) is 3.28. The molecular formula is C13H14N2O2S. The number of carbonyl (C=O) groups excluding carboxylic acids is 1. The van der Waals surface area contributed by atoms with Crippen LogP contribution in [0.5, 0.6) is 0 Å². The first kappa shape index (κ1) is 12.6. The predicted octanol–water partition coefficient (Wildman–Crippen LogP) is 2.85. The van der Waals surface area contributed by atoms with Gasteiger partial charge in [0.15, 0.2) is 0 Å². The van der Waals surface area contributed by atoms with Gasteiger partial charge in [-0.25, -0.2) is 9.78 Å². The van der Waals surface area contributed by atoms with Crippen LogP contribution in [0.1, 0.15) is 21.6 Å². The number of esters is 1. The van der Waals surface area contributed by atoms with Crippen LogP contribution < -0.4 is 5.32 Å². The van der Waals surface area contributed by atoms with Crippen LogP contribution in [0.2, 0.25) is 0 Å². The summed E-state index contributed by atoms with van der Waals surface area (Å²) in [6.07, 6.45) is 0. The minimum absolute atomic E-state index is 0.357. The summed E-state index contributed by atoms with van der Waals surface area (Å²) in [5.74, 6) is 0.399. The van der Waals surface area contributed by atoms with Crippen molar-refractivity contribution in [2.45, 2.75) is 13.5 Å². The highest BCUT2D eigenvalue weighted by Crippen LogP contribution is 2.13. The maximum absolute atomic E-state index is 11.4. The maximum atomic E-state index is 11.4. The zero-order valence-electron chi connectivity index (χ0n) is 10.3. The van der Waals surface area contributed by atoms with Gasteiger partial charge in [0, 0.05) is 6.54 Å². The van der Waals surface area contributed by atoms with Crippen LogP contribution in [-0.4, -0.2) is 18.1 Å². The Bertz CT molecular complexity index is 538. The summed E-state index contributed by atoms with van der Waals surface area (Å²) in [6.45, 7) is 2.52. The standard InChI is InChI=1S/C13H14N2O2S/c1-9-11(13(16)17-2)3-4-12(15-9)14-7-10-5-6-18-8-10/h3-6,8H,7H2,1-2H3,(H,14,15). The fraction of sp³-hybridized carbons (Fsp3) is 0.231. The molecule has 0 aliphatic heterocycles. The molecule has 18 heavy (non-hydrogen) atoms. The topological polar surface area (TPSA) is 51.2 Å². The summed E-state index contributed by atoms with van der Waals surface area (Å²) < 4.78 is 4.68. The fourth-order valence-electron chi connectivity index (χ4n) is 1.57. The van der Waals surface area contributed by atoms with Crippen LogP contribution in [0.4, 0.5) is 5.82 Å². The molecule has 0 aromatic carbocycles. The number of methoxy groups -OCH3 is 1. The van der Waals surface area contributed by atoms with Crippen molar-refractivity contribution in [3.63, 3.8) is 0 Å². The minimum atomic E-state index is -0.357. The molecule has 0 saturated carbocycles. The lowest BCUT2D eigenvalue weighted by molar-refractivity contribution is 0.0599. The average Bonchev–Trinajstić information content (AvgIpc) is 2.88. The number of pyridine rings is 1. The van der Waals surface area contributed by atoms with E-state index in [1.807, 2.05) is 5.38 Å². The number of carbonyl (C=O) groups is 1. The highest BCUT2D eigenvalue weighted by atomic mass is 32.1. The number of thiophene rings is 1. The Morgan fingerprint density at radius 3 is 2.89 bits per heavy atom. The molecule has 0 radical (unpaired) electrons. The lowest BCUT2D eigenvalue weighted by Gasteiger charge is -2.07. The van der Waals surface area contributed by atoms with E-state index in [1.54, 1.807) is 30.4 Å². The van der Waals surface area contributed by atoms with Gasteiger partial charge in [0.2, 0.25) is 0 Å². The lowest BCUT2D eigenvalue weighted by Crippen LogP contribution is -2.07. The molecule has 0 bridgehead atoms. The summed E-state index contributed by atoms with van der Waals surface area (Å²) in [7, 11) is 1.37. The Morgan fingerprint density at radius 2 is 2.28 bits per heavy atom. The number of anilines is 1. The molecule has 0 atom stereocenters. The molecule has 5 heteroatoms. The average molecular weight is 262 g/mol. The lowest BCUT2D eigenvalue weighted by atomic mass is 10.2. The summed E-state index contributed by atoms with van der Waals surface area (Å²) in [5, 5.41) is 7.34. The van der Waals surface area contributed by atoms with E-state index in [1.165, 1.54) is 12.7 Å². The molecule has 2 rings (SSSR count). The predicted molar refractivity (Wildman–Crippen MR) is 72.0 cm³/mol. The van der Waals surface area contributed by atoms with Crippen molar-refractivity contribution in [2.75, 3.05) is 12.4 Å². The van der Waals surface area contributed by atoms with Gasteiger partial charge in [0.1, 0.15) is 5.82 Å². The third-order valence-electron chi connectivity index (χ3n) is 2.54. The molecule has 1 N–H and O–H groups in total. The zero-order chi connectivity index (χ0) is 13.0. The number of aryl methyl sites for hydroxylation is 1. The smallest absolute Gasteiger partial charge is 0.339 e. The molecule has 0 amide bonds. The fourth-order valence-corrected chi connectivity index (χ4v) is 2.24. The molecule has 2 aromatic heterocycles. The van der Waals surface area contributed by atoms with E-state index in [0.29, 0.717) is 11.3 Å². The van der Waals surface area contributed by atoms with Crippen LogP contribution in [0, 0.1) is 6.92 Å². The second-order valence-electron chi connectivity index (χ2n) is 3.81. The Morgan fingerprint density at radius 1 is 1.44 bits per heavy atom. The Balaban J connectivity index is 2.07. The number of hydrogen-bond donors (Lipinski definition) is 1. The van der Waals surface area contributed by atoms with E-state index in [4.69, 9.17) is 0 Å². The minimum Gasteiger partial charge on any atom is -0.465 e. The molecule has 2 heterocycles. The van der Waals surface area contributed by atoms with Crippen molar-refractivity contribution in [3.05, 3.63) is 45.8 Å². The number of nitrogens with zero attached hydrogens (tertiary/aromatic N) is 1.